The molecule has 1 aliphatic carbocycles. The van der Waals surface area contributed by atoms with E-state index in [0.29, 0.717) is 67.7 Å². The summed E-state index contributed by atoms with van der Waals surface area (Å²) in [4.78, 5) is 53.4. The molecular formula is C29H32ClFN6O5S. The molecule has 1 aromatic heterocycles. The zero-order valence-corrected chi connectivity index (χ0v) is 25.2. The number of benzene rings is 1. The van der Waals surface area contributed by atoms with Crippen molar-refractivity contribution in [3.05, 3.63) is 62.5 Å². The van der Waals surface area contributed by atoms with E-state index in [4.69, 9.17) is 21.3 Å². The second-order valence-corrected chi connectivity index (χ2v) is 12.6. The zero-order valence-electron chi connectivity index (χ0n) is 23.6. The number of halogens is 2. The Hall–Kier alpha value is -3.55. The van der Waals surface area contributed by atoms with Crippen LogP contribution in [0.3, 0.4) is 0 Å². The monoisotopic (exact) mass is 630 g/mol. The number of aliphatic imine (C=N–C) groups is 1. The van der Waals surface area contributed by atoms with Gasteiger partial charge in [-0.15, -0.1) is 11.3 Å². The van der Waals surface area contributed by atoms with Crippen LogP contribution in [0, 0.1) is 11.2 Å². The number of rotatable bonds is 9. The van der Waals surface area contributed by atoms with Crippen LogP contribution < -0.4 is 5.32 Å². The molecule has 6 rings (SSSR count). The van der Waals surface area contributed by atoms with Crippen LogP contribution in [0.2, 0.25) is 5.02 Å². The predicted octanol–water partition coefficient (Wildman–Crippen LogP) is 3.52. The average molecular weight is 631 g/mol. The Morgan fingerprint density at radius 3 is 2.77 bits per heavy atom. The van der Waals surface area contributed by atoms with Gasteiger partial charge in [0.05, 0.1) is 28.7 Å². The van der Waals surface area contributed by atoms with Crippen molar-refractivity contribution in [2.24, 2.45) is 10.4 Å². The minimum absolute atomic E-state index is 0.122. The van der Waals surface area contributed by atoms with E-state index in [-0.39, 0.29) is 35.8 Å². The number of thiazole rings is 1. The Morgan fingerprint density at radius 1 is 1.28 bits per heavy atom. The zero-order chi connectivity index (χ0) is 30.3. The van der Waals surface area contributed by atoms with Gasteiger partial charge in [-0.1, -0.05) is 30.2 Å². The molecule has 1 aromatic carbocycles. The second kappa shape index (κ2) is 11.9. The number of hydrogen-bond acceptors (Lipinski definition) is 9. The van der Waals surface area contributed by atoms with Crippen LogP contribution in [0.15, 0.2) is 46.0 Å². The molecule has 3 fully saturated rings. The number of aromatic nitrogens is 1. The lowest BCUT2D eigenvalue weighted by Gasteiger charge is -2.40. The summed E-state index contributed by atoms with van der Waals surface area (Å²) in [6.45, 7) is 4.35. The van der Waals surface area contributed by atoms with Crippen LogP contribution in [0.4, 0.5) is 9.18 Å². The van der Waals surface area contributed by atoms with Crippen molar-refractivity contribution >= 4 is 46.7 Å². The molecule has 11 nitrogen and oxygen atoms in total. The first-order chi connectivity index (χ1) is 20.7. The molecule has 0 radical (unpaired) electrons. The molecule has 2 N–H and O–H groups in total. The minimum atomic E-state index is -0.933. The SMILES string of the molecule is CCOC(=O)C1=C(CN2CCN3C(=O)N(CC4(C(=O)O)CCC4)CC3C2)NC(c2nccs2)=NC1c1cccc(F)c1Cl. The number of amides is 2. The predicted molar refractivity (Wildman–Crippen MR) is 157 cm³/mol. The number of esters is 1. The number of hydrogen-bond donors (Lipinski definition) is 2. The lowest BCUT2D eigenvalue weighted by molar-refractivity contribution is -0.155. The Kier molecular flexibility index (Phi) is 8.14. The van der Waals surface area contributed by atoms with Gasteiger partial charge in [0.1, 0.15) is 11.9 Å². The average Bonchev–Trinajstić information content (AvgIpc) is 3.60. The third-order valence-electron chi connectivity index (χ3n) is 8.69. The Balaban J connectivity index is 1.28. The number of amidine groups is 1. The van der Waals surface area contributed by atoms with Crippen LogP contribution >= 0.6 is 22.9 Å². The molecule has 1 saturated carbocycles. The number of carbonyl (C=O) groups excluding carboxylic acids is 2. The summed E-state index contributed by atoms with van der Waals surface area (Å²) in [6.07, 6.45) is 3.67. The quantitative estimate of drug-likeness (QED) is 0.403. The van der Waals surface area contributed by atoms with Gasteiger partial charge in [-0.25, -0.2) is 19.0 Å². The number of nitrogens with zero attached hydrogens (tertiary/aromatic N) is 5. The third kappa shape index (κ3) is 5.49. The highest BCUT2D eigenvalue weighted by atomic mass is 35.5. The molecule has 2 aromatic rings. The number of ether oxygens (including phenoxy) is 1. The van der Waals surface area contributed by atoms with Gasteiger partial charge in [0.25, 0.3) is 0 Å². The molecule has 3 aliphatic heterocycles. The second-order valence-electron chi connectivity index (χ2n) is 11.3. The van der Waals surface area contributed by atoms with Gasteiger partial charge < -0.3 is 25.0 Å². The topological polar surface area (TPSA) is 128 Å². The first-order valence-corrected chi connectivity index (χ1v) is 15.6. The fourth-order valence-corrected chi connectivity index (χ4v) is 7.14. The lowest BCUT2D eigenvalue weighted by Crippen LogP contribution is -2.53. The van der Waals surface area contributed by atoms with E-state index in [1.165, 1.54) is 23.5 Å². The van der Waals surface area contributed by atoms with Gasteiger partial charge in [0.15, 0.2) is 10.8 Å². The van der Waals surface area contributed by atoms with Crippen molar-refractivity contribution in [2.45, 2.75) is 38.3 Å². The smallest absolute Gasteiger partial charge is 0.338 e. The first kappa shape index (κ1) is 29.5. The lowest BCUT2D eigenvalue weighted by atomic mass is 9.68. The summed E-state index contributed by atoms with van der Waals surface area (Å²) >= 11 is 7.79. The van der Waals surface area contributed by atoms with Crippen molar-refractivity contribution in [3.8, 4) is 0 Å². The van der Waals surface area contributed by atoms with Gasteiger partial charge in [-0.05, 0) is 25.8 Å². The summed E-state index contributed by atoms with van der Waals surface area (Å²) < 4.78 is 20.0. The molecule has 4 aliphatic rings. The van der Waals surface area contributed by atoms with E-state index in [9.17, 15) is 23.9 Å². The maximum absolute atomic E-state index is 14.6. The van der Waals surface area contributed by atoms with E-state index < -0.39 is 29.2 Å². The van der Waals surface area contributed by atoms with E-state index >= 15 is 0 Å². The number of aliphatic carboxylic acids is 1. The normalized spacial score (nSPS) is 23.4. The number of carbonyl (C=O) groups is 3. The van der Waals surface area contributed by atoms with E-state index in [2.05, 4.69) is 15.2 Å². The number of carboxylic acid groups (broad SMARTS) is 1. The summed E-state index contributed by atoms with van der Waals surface area (Å²) in [5, 5.41) is 15.4. The van der Waals surface area contributed by atoms with Crippen LogP contribution in [0.25, 0.3) is 0 Å². The van der Waals surface area contributed by atoms with Crippen molar-refractivity contribution in [1.82, 2.24) is 25.0 Å². The fraction of sp³-hybridized carbons (Fsp3) is 0.483. The summed E-state index contributed by atoms with van der Waals surface area (Å²) in [6, 6.07) is 3.24. The number of fused-ring (bicyclic) bond motifs is 1. The highest BCUT2D eigenvalue weighted by Crippen LogP contribution is 2.43. The maximum Gasteiger partial charge on any atom is 0.338 e. The summed E-state index contributed by atoms with van der Waals surface area (Å²) in [5.74, 6) is -1.61. The van der Waals surface area contributed by atoms with Crippen molar-refractivity contribution < 1.29 is 28.6 Å². The number of urea groups is 1. The number of piperazine rings is 1. The molecule has 43 heavy (non-hydrogen) atoms. The molecular weight excluding hydrogens is 599 g/mol. The maximum atomic E-state index is 14.6. The molecule has 0 spiro atoms. The molecule has 14 heteroatoms. The molecule has 2 unspecified atom stereocenters. The molecule has 2 saturated heterocycles. The Bertz CT molecular complexity index is 1500. The van der Waals surface area contributed by atoms with Crippen molar-refractivity contribution in [3.63, 3.8) is 0 Å². The standard InChI is InChI=1S/C29H32ClFN6O5S/c1-2-42-26(38)21-20(33-24(25-32-9-12-43-25)34-23(21)18-5-3-6-19(31)22(18)30)15-35-10-11-37-17(13-35)14-36(28(37)41)16-29(27(39)40)7-4-8-29/h3,5-6,9,12,17,23H,2,4,7-8,10-11,13-16H2,1H3,(H,33,34)(H,39,40). The van der Waals surface area contributed by atoms with E-state index in [0.717, 1.165) is 6.42 Å². The first-order valence-electron chi connectivity index (χ1n) is 14.3. The molecule has 2 atom stereocenters. The molecule has 4 heterocycles. The Morgan fingerprint density at radius 2 is 2.09 bits per heavy atom. The fourth-order valence-electron chi connectivity index (χ4n) is 6.33. The van der Waals surface area contributed by atoms with Gasteiger partial charge >= 0.3 is 18.0 Å². The van der Waals surface area contributed by atoms with Gasteiger partial charge in [-0.3, -0.25) is 14.7 Å². The molecule has 2 amide bonds. The minimum Gasteiger partial charge on any atom is -0.481 e. The summed E-state index contributed by atoms with van der Waals surface area (Å²) in [5.41, 5.74) is 0.254. The van der Waals surface area contributed by atoms with Gasteiger partial charge in [-0.2, -0.15) is 0 Å². The van der Waals surface area contributed by atoms with E-state index in [1.807, 2.05) is 10.3 Å². The highest BCUT2D eigenvalue weighted by Gasteiger charge is 2.50. The number of carboxylic acids is 1. The van der Waals surface area contributed by atoms with Crippen LogP contribution in [0.1, 0.15) is 42.8 Å². The molecule has 0 bridgehead atoms. The largest absolute Gasteiger partial charge is 0.481 e. The summed E-state index contributed by atoms with van der Waals surface area (Å²) in [7, 11) is 0. The van der Waals surface area contributed by atoms with Crippen molar-refractivity contribution in [1.29, 1.82) is 0 Å². The van der Waals surface area contributed by atoms with Gasteiger partial charge in [0.2, 0.25) is 0 Å². The van der Waals surface area contributed by atoms with Crippen LogP contribution in [-0.2, 0) is 14.3 Å². The van der Waals surface area contributed by atoms with Gasteiger partial charge in [0, 0.05) is 62.1 Å². The Labute approximate surface area is 257 Å². The number of nitrogens with one attached hydrogen (secondary N) is 1. The van der Waals surface area contributed by atoms with E-state index in [1.54, 1.807) is 24.1 Å². The molecule has 228 valence electrons. The van der Waals surface area contributed by atoms with Crippen LogP contribution in [-0.4, -0.2) is 101 Å². The van der Waals surface area contributed by atoms with Crippen molar-refractivity contribution in [2.75, 3.05) is 45.9 Å². The highest BCUT2D eigenvalue weighted by molar-refractivity contribution is 7.11. The van der Waals surface area contributed by atoms with Crippen LogP contribution in [0.5, 0.6) is 0 Å². The third-order valence-corrected chi connectivity index (χ3v) is 9.86.